The minimum atomic E-state index is -0.638. The molecule has 0 bridgehead atoms. The van der Waals surface area contributed by atoms with Crippen molar-refractivity contribution >= 4 is 11.9 Å². The van der Waals surface area contributed by atoms with E-state index in [4.69, 9.17) is 9.47 Å². The fourth-order valence-electron chi connectivity index (χ4n) is 3.73. The van der Waals surface area contributed by atoms with Crippen molar-refractivity contribution in [3.05, 3.63) is 29.8 Å². The first kappa shape index (κ1) is 17.8. The van der Waals surface area contributed by atoms with Gasteiger partial charge in [-0.2, -0.15) is 0 Å². The average molecular weight is 345 g/mol. The summed E-state index contributed by atoms with van der Waals surface area (Å²) in [7, 11) is 0. The van der Waals surface area contributed by atoms with E-state index in [1.807, 2.05) is 58.9 Å². The van der Waals surface area contributed by atoms with Gasteiger partial charge in [0, 0.05) is 25.9 Å². The van der Waals surface area contributed by atoms with E-state index in [1.54, 1.807) is 4.90 Å². The number of ether oxygens (including phenoxy) is 2. The monoisotopic (exact) mass is 345 g/mol. The number of nitrogens with zero attached hydrogens (tertiary/aromatic N) is 1. The Labute approximate surface area is 149 Å². The smallest absolute Gasteiger partial charge is 0.410 e. The number of rotatable bonds is 0. The summed E-state index contributed by atoms with van der Waals surface area (Å²) < 4.78 is 11.8. The van der Waals surface area contributed by atoms with Crippen molar-refractivity contribution in [2.24, 2.45) is 5.41 Å². The Kier molecular flexibility index (Phi) is 4.09. The van der Waals surface area contributed by atoms with Gasteiger partial charge in [0.05, 0.1) is 11.0 Å². The number of piperidine rings is 1. The van der Waals surface area contributed by atoms with E-state index in [0.717, 1.165) is 0 Å². The van der Waals surface area contributed by atoms with Crippen molar-refractivity contribution in [3.8, 4) is 5.75 Å². The number of benzene rings is 1. The van der Waals surface area contributed by atoms with Gasteiger partial charge in [-0.3, -0.25) is 4.79 Å². The lowest BCUT2D eigenvalue weighted by molar-refractivity contribution is -0.0783. The molecule has 0 aromatic heterocycles. The molecule has 0 atom stereocenters. The zero-order valence-corrected chi connectivity index (χ0v) is 15.7. The first-order valence-corrected chi connectivity index (χ1v) is 8.87. The lowest BCUT2D eigenvalue weighted by Crippen LogP contribution is -2.62. The molecule has 5 heteroatoms. The Bertz CT molecular complexity index is 694. The van der Waals surface area contributed by atoms with Crippen LogP contribution in [0.5, 0.6) is 5.75 Å². The Hall–Kier alpha value is -2.04. The molecule has 3 rings (SSSR count). The van der Waals surface area contributed by atoms with Gasteiger partial charge in [0.25, 0.3) is 0 Å². The zero-order valence-electron chi connectivity index (χ0n) is 15.7. The first-order valence-electron chi connectivity index (χ1n) is 8.87. The second kappa shape index (κ2) is 5.75. The van der Waals surface area contributed by atoms with Crippen molar-refractivity contribution in [2.45, 2.75) is 58.7 Å². The Balaban J connectivity index is 1.80. The molecule has 1 aromatic rings. The number of likely N-dealkylation sites (tertiary alicyclic amines) is 1. The fourth-order valence-corrected chi connectivity index (χ4v) is 3.73. The lowest BCUT2D eigenvalue weighted by Gasteiger charge is -2.52. The zero-order chi connectivity index (χ0) is 18.5. The van der Waals surface area contributed by atoms with E-state index in [-0.39, 0.29) is 11.9 Å². The van der Waals surface area contributed by atoms with E-state index in [0.29, 0.717) is 37.2 Å². The van der Waals surface area contributed by atoms with Crippen LogP contribution in [-0.2, 0) is 4.74 Å². The van der Waals surface area contributed by atoms with Crippen LogP contribution in [0.3, 0.4) is 0 Å². The van der Waals surface area contributed by atoms with E-state index in [2.05, 4.69) is 0 Å². The molecule has 1 saturated heterocycles. The summed E-state index contributed by atoms with van der Waals surface area (Å²) in [5.41, 5.74) is -1.09. The fraction of sp³-hybridized carbons (Fsp3) is 0.600. The van der Waals surface area contributed by atoms with Crippen molar-refractivity contribution in [1.29, 1.82) is 0 Å². The average Bonchev–Trinajstić information content (AvgIpc) is 2.52. The highest BCUT2D eigenvalue weighted by molar-refractivity contribution is 6.04. The number of ketones is 1. The predicted molar refractivity (Wildman–Crippen MR) is 95.0 cm³/mol. The van der Waals surface area contributed by atoms with Crippen LogP contribution in [0, 0.1) is 5.41 Å². The number of para-hydroxylation sites is 1. The van der Waals surface area contributed by atoms with Crippen molar-refractivity contribution < 1.29 is 19.1 Å². The number of fused-ring (bicyclic) bond motifs is 1. The van der Waals surface area contributed by atoms with E-state index in [1.165, 1.54) is 0 Å². The van der Waals surface area contributed by atoms with Gasteiger partial charge < -0.3 is 14.4 Å². The first-order chi connectivity index (χ1) is 11.6. The largest absolute Gasteiger partial charge is 0.485 e. The van der Waals surface area contributed by atoms with Gasteiger partial charge in [0.2, 0.25) is 0 Å². The van der Waals surface area contributed by atoms with Crippen molar-refractivity contribution in [2.75, 3.05) is 13.1 Å². The lowest BCUT2D eigenvalue weighted by atomic mass is 9.64. The highest BCUT2D eigenvalue weighted by Crippen LogP contribution is 2.49. The Morgan fingerprint density at radius 3 is 2.36 bits per heavy atom. The highest BCUT2D eigenvalue weighted by Gasteiger charge is 2.57. The predicted octanol–water partition coefficient (Wildman–Crippen LogP) is 4.06. The maximum absolute atomic E-state index is 13.0. The van der Waals surface area contributed by atoms with Crippen molar-refractivity contribution in [3.63, 3.8) is 0 Å². The molecule has 136 valence electrons. The summed E-state index contributed by atoms with van der Waals surface area (Å²) in [6.45, 7) is 10.5. The van der Waals surface area contributed by atoms with Gasteiger partial charge in [0.15, 0.2) is 5.78 Å². The van der Waals surface area contributed by atoms with Crippen LogP contribution in [0.25, 0.3) is 0 Å². The van der Waals surface area contributed by atoms with Crippen LogP contribution in [0.4, 0.5) is 4.79 Å². The molecule has 1 spiro atoms. The molecule has 2 aliphatic rings. The third-order valence-electron chi connectivity index (χ3n) is 5.37. The van der Waals surface area contributed by atoms with Crippen LogP contribution in [0.2, 0.25) is 0 Å². The number of hydrogen-bond acceptors (Lipinski definition) is 4. The third kappa shape index (κ3) is 3.00. The summed E-state index contributed by atoms with van der Waals surface area (Å²) in [6.07, 6.45) is 0.918. The van der Waals surface area contributed by atoms with E-state index < -0.39 is 16.6 Å². The van der Waals surface area contributed by atoms with Gasteiger partial charge in [-0.05, 0) is 46.8 Å². The molecule has 25 heavy (non-hydrogen) atoms. The number of Topliss-reactive ketones (excluding diaryl/α,β-unsaturated/α-hetero) is 1. The molecule has 0 N–H and O–H groups in total. The van der Waals surface area contributed by atoms with Crippen LogP contribution in [-0.4, -0.2) is 41.1 Å². The van der Waals surface area contributed by atoms with Gasteiger partial charge in [-0.15, -0.1) is 0 Å². The summed E-state index contributed by atoms with van der Waals surface area (Å²) in [5.74, 6) is 0.762. The summed E-state index contributed by atoms with van der Waals surface area (Å²) in [6, 6.07) is 7.42. The molecule has 5 nitrogen and oxygen atoms in total. The normalized spacial score (nSPS) is 21.5. The third-order valence-corrected chi connectivity index (χ3v) is 5.37. The molecule has 1 aromatic carbocycles. The van der Waals surface area contributed by atoms with Crippen molar-refractivity contribution in [1.82, 2.24) is 4.90 Å². The maximum Gasteiger partial charge on any atom is 0.410 e. The number of carbonyl (C=O) groups is 2. The highest BCUT2D eigenvalue weighted by atomic mass is 16.6. The molecule has 0 unspecified atom stereocenters. The van der Waals surface area contributed by atoms with Crippen LogP contribution < -0.4 is 4.74 Å². The molecule has 1 fully saturated rings. The topological polar surface area (TPSA) is 55.8 Å². The second-order valence-corrected chi connectivity index (χ2v) is 8.51. The van der Waals surface area contributed by atoms with Gasteiger partial charge in [-0.1, -0.05) is 12.1 Å². The number of hydrogen-bond donors (Lipinski definition) is 0. The molecule has 0 saturated carbocycles. The van der Waals surface area contributed by atoms with E-state index in [9.17, 15) is 9.59 Å². The van der Waals surface area contributed by atoms with Crippen LogP contribution >= 0.6 is 0 Å². The second-order valence-electron chi connectivity index (χ2n) is 8.51. The SMILES string of the molecule is CC(C)(C)OC(=O)N1CCC2(CC1)Oc1ccccc1C(=O)C2(C)C. The number of carbonyl (C=O) groups excluding carboxylic acids is 2. The maximum atomic E-state index is 13.0. The minimum absolute atomic E-state index is 0.111. The Morgan fingerprint density at radius 1 is 1.16 bits per heavy atom. The van der Waals surface area contributed by atoms with E-state index >= 15 is 0 Å². The number of amides is 1. The summed E-state index contributed by atoms with van der Waals surface area (Å²) >= 11 is 0. The standard InChI is InChI=1S/C20H27NO4/c1-18(2,3)25-17(23)21-12-10-20(11-13-21)19(4,5)16(22)14-8-6-7-9-15(14)24-20/h6-9H,10-13H2,1-5H3. The molecule has 0 aliphatic carbocycles. The van der Waals surface area contributed by atoms with Crippen LogP contribution in [0.15, 0.2) is 24.3 Å². The minimum Gasteiger partial charge on any atom is -0.485 e. The summed E-state index contributed by atoms with van der Waals surface area (Å²) in [4.78, 5) is 27.0. The molecular formula is C20H27NO4. The quantitative estimate of drug-likeness (QED) is 0.711. The Morgan fingerprint density at radius 2 is 1.76 bits per heavy atom. The molecule has 1 amide bonds. The van der Waals surface area contributed by atoms with Gasteiger partial charge in [0.1, 0.15) is 17.0 Å². The summed E-state index contributed by atoms with van der Waals surface area (Å²) in [5, 5.41) is 0. The molecule has 2 heterocycles. The van der Waals surface area contributed by atoms with Gasteiger partial charge >= 0.3 is 6.09 Å². The molecular weight excluding hydrogens is 318 g/mol. The van der Waals surface area contributed by atoms with Gasteiger partial charge in [-0.25, -0.2) is 4.79 Å². The van der Waals surface area contributed by atoms with Crippen LogP contribution in [0.1, 0.15) is 57.8 Å². The molecule has 0 radical (unpaired) electrons. The molecule has 2 aliphatic heterocycles.